The van der Waals surface area contributed by atoms with Gasteiger partial charge in [0.05, 0.1) is 10.7 Å². The normalized spacial score (nSPS) is 11.2. The van der Waals surface area contributed by atoms with Gasteiger partial charge in [-0.3, -0.25) is 9.52 Å². The zero-order valence-electron chi connectivity index (χ0n) is 17.1. The molecule has 0 atom stereocenters. The number of sulfonamides is 1. The molecule has 0 bridgehead atoms. The molecular formula is C23H22ClFN2O3S. The lowest BCUT2D eigenvalue weighted by Gasteiger charge is -2.14. The molecule has 0 radical (unpaired) electrons. The second-order valence-corrected chi connectivity index (χ2v) is 9.19. The third kappa shape index (κ3) is 5.62. The molecule has 3 rings (SSSR count). The van der Waals surface area contributed by atoms with Gasteiger partial charge in [0.2, 0.25) is 0 Å². The standard InChI is InChI=1S/C23H22ClFN2O3S/c1-15-4-3-5-21(16(15)2)27-31(29,30)22-14-18(8-11-20(22)24)23(28)26-13-12-17-6-9-19(25)10-7-17/h3-11,14,27H,12-13H2,1-2H3,(H,26,28). The maximum Gasteiger partial charge on any atom is 0.263 e. The van der Waals surface area contributed by atoms with Crippen molar-refractivity contribution in [1.82, 2.24) is 5.32 Å². The number of rotatable bonds is 7. The fourth-order valence-corrected chi connectivity index (χ4v) is 4.64. The lowest BCUT2D eigenvalue weighted by atomic mass is 10.1. The molecule has 8 heteroatoms. The average molecular weight is 461 g/mol. The molecule has 0 aliphatic heterocycles. The minimum atomic E-state index is -4.00. The lowest BCUT2D eigenvalue weighted by molar-refractivity contribution is 0.0954. The number of benzene rings is 3. The Morgan fingerprint density at radius 2 is 1.74 bits per heavy atom. The van der Waals surface area contributed by atoms with E-state index >= 15 is 0 Å². The molecular weight excluding hydrogens is 439 g/mol. The summed E-state index contributed by atoms with van der Waals surface area (Å²) in [6.45, 7) is 4.02. The summed E-state index contributed by atoms with van der Waals surface area (Å²) in [5, 5.41) is 2.75. The van der Waals surface area contributed by atoms with Crippen LogP contribution in [0, 0.1) is 19.7 Å². The molecule has 3 aromatic rings. The molecule has 1 amide bonds. The first-order chi connectivity index (χ1) is 14.7. The van der Waals surface area contributed by atoms with Crippen LogP contribution < -0.4 is 10.0 Å². The van der Waals surface area contributed by atoms with E-state index in [-0.39, 0.29) is 21.3 Å². The molecule has 2 N–H and O–H groups in total. The molecule has 0 spiro atoms. The van der Waals surface area contributed by atoms with E-state index in [0.717, 1.165) is 16.7 Å². The minimum Gasteiger partial charge on any atom is -0.352 e. The molecule has 0 aromatic heterocycles. The molecule has 0 aliphatic carbocycles. The molecule has 31 heavy (non-hydrogen) atoms. The van der Waals surface area contributed by atoms with E-state index in [4.69, 9.17) is 11.6 Å². The molecule has 0 saturated heterocycles. The monoisotopic (exact) mass is 460 g/mol. The van der Waals surface area contributed by atoms with Gasteiger partial charge in [0, 0.05) is 12.1 Å². The van der Waals surface area contributed by atoms with Gasteiger partial charge < -0.3 is 5.32 Å². The molecule has 3 aromatic carbocycles. The average Bonchev–Trinajstić information content (AvgIpc) is 2.73. The van der Waals surface area contributed by atoms with Crippen molar-refractivity contribution in [2.24, 2.45) is 0 Å². The van der Waals surface area contributed by atoms with Gasteiger partial charge in [-0.1, -0.05) is 35.9 Å². The van der Waals surface area contributed by atoms with Gasteiger partial charge in [-0.05, 0) is 73.4 Å². The summed E-state index contributed by atoms with van der Waals surface area (Å²) in [5.41, 5.74) is 3.24. The number of carbonyl (C=O) groups is 1. The highest BCUT2D eigenvalue weighted by molar-refractivity contribution is 7.92. The highest BCUT2D eigenvalue weighted by Gasteiger charge is 2.21. The minimum absolute atomic E-state index is 0.0145. The molecule has 5 nitrogen and oxygen atoms in total. The largest absolute Gasteiger partial charge is 0.352 e. The summed E-state index contributed by atoms with van der Waals surface area (Å²) in [6.07, 6.45) is 0.513. The van der Waals surface area contributed by atoms with Crippen molar-refractivity contribution in [3.05, 3.63) is 93.8 Å². The van der Waals surface area contributed by atoms with E-state index in [1.165, 1.54) is 30.3 Å². The van der Waals surface area contributed by atoms with Crippen LogP contribution in [0.1, 0.15) is 27.0 Å². The molecule has 0 heterocycles. The van der Waals surface area contributed by atoms with E-state index in [9.17, 15) is 17.6 Å². The van der Waals surface area contributed by atoms with Crippen molar-refractivity contribution >= 4 is 33.2 Å². The zero-order chi connectivity index (χ0) is 22.6. The van der Waals surface area contributed by atoms with Crippen LogP contribution in [0.2, 0.25) is 5.02 Å². The maximum atomic E-state index is 13.0. The van der Waals surface area contributed by atoms with Gasteiger partial charge in [0.1, 0.15) is 10.7 Å². The second-order valence-electron chi connectivity index (χ2n) is 7.13. The maximum absolute atomic E-state index is 13.0. The highest BCUT2D eigenvalue weighted by Crippen LogP contribution is 2.27. The lowest BCUT2D eigenvalue weighted by Crippen LogP contribution is -2.26. The third-order valence-electron chi connectivity index (χ3n) is 4.94. The molecule has 0 saturated carbocycles. The van der Waals surface area contributed by atoms with E-state index in [1.54, 1.807) is 24.3 Å². The van der Waals surface area contributed by atoms with Gasteiger partial charge in [-0.15, -0.1) is 0 Å². The van der Waals surface area contributed by atoms with Crippen LogP contribution in [-0.2, 0) is 16.4 Å². The summed E-state index contributed by atoms with van der Waals surface area (Å²) >= 11 is 6.14. The number of nitrogens with one attached hydrogen (secondary N) is 2. The SMILES string of the molecule is Cc1cccc(NS(=O)(=O)c2cc(C(=O)NCCc3ccc(F)cc3)ccc2Cl)c1C. The summed E-state index contributed by atoms with van der Waals surface area (Å²) in [4.78, 5) is 12.3. The Morgan fingerprint density at radius 1 is 1.03 bits per heavy atom. The van der Waals surface area contributed by atoms with E-state index in [1.807, 2.05) is 19.9 Å². The first kappa shape index (κ1) is 22.8. The predicted octanol–water partition coefficient (Wildman–Crippen LogP) is 4.87. The number of halogens is 2. The van der Waals surface area contributed by atoms with Crippen LogP contribution in [0.4, 0.5) is 10.1 Å². The Morgan fingerprint density at radius 3 is 2.45 bits per heavy atom. The van der Waals surface area contributed by atoms with Crippen LogP contribution in [0.3, 0.4) is 0 Å². The van der Waals surface area contributed by atoms with Gasteiger partial charge in [0.25, 0.3) is 15.9 Å². The number of aryl methyl sites for hydroxylation is 1. The first-order valence-corrected chi connectivity index (χ1v) is 11.4. The van der Waals surface area contributed by atoms with Crippen LogP contribution in [0.5, 0.6) is 0 Å². The Hall–Kier alpha value is -2.90. The molecule has 0 fully saturated rings. The van der Waals surface area contributed by atoms with Crippen LogP contribution in [-0.4, -0.2) is 20.9 Å². The van der Waals surface area contributed by atoms with E-state index in [2.05, 4.69) is 10.0 Å². The number of carbonyl (C=O) groups excluding carboxylic acids is 1. The second kappa shape index (κ2) is 9.49. The summed E-state index contributed by atoms with van der Waals surface area (Å²) in [7, 11) is -4.00. The van der Waals surface area contributed by atoms with Crippen molar-refractivity contribution in [3.8, 4) is 0 Å². The number of hydrogen-bond donors (Lipinski definition) is 2. The first-order valence-electron chi connectivity index (χ1n) is 9.58. The van der Waals surface area contributed by atoms with Crippen LogP contribution in [0.15, 0.2) is 65.6 Å². The Kier molecular flexibility index (Phi) is 6.97. The summed E-state index contributed by atoms with van der Waals surface area (Å²) < 4.78 is 41.4. The molecule has 0 aliphatic rings. The number of amides is 1. The summed E-state index contributed by atoms with van der Waals surface area (Å²) in [5.74, 6) is -0.751. The summed E-state index contributed by atoms with van der Waals surface area (Å²) in [6, 6.07) is 15.4. The van der Waals surface area contributed by atoms with Crippen molar-refractivity contribution in [2.75, 3.05) is 11.3 Å². The fourth-order valence-electron chi connectivity index (χ4n) is 2.99. The zero-order valence-corrected chi connectivity index (χ0v) is 18.6. The van der Waals surface area contributed by atoms with Gasteiger partial charge in [-0.2, -0.15) is 0 Å². The van der Waals surface area contributed by atoms with Crippen molar-refractivity contribution in [2.45, 2.75) is 25.2 Å². The van der Waals surface area contributed by atoms with E-state index < -0.39 is 15.9 Å². The third-order valence-corrected chi connectivity index (χ3v) is 6.79. The highest BCUT2D eigenvalue weighted by atomic mass is 35.5. The molecule has 162 valence electrons. The van der Waals surface area contributed by atoms with E-state index in [0.29, 0.717) is 18.7 Å². The smallest absolute Gasteiger partial charge is 0.263 e. The van der Waals surface area contributed by atoms with Crippen molar-refractivity contribution < 1.29 is 17.6 Å². The Bertz CT molecular complexity index is 1210. The number of anilines is 1. The van der Waals surface area contributed by atoms with Gasteiger partial charge >= 0.3 is 0 Å². The Labute approximate surface area is 186 Å². The number of hydrogen-bond acceptors (Lipinski definition) is 3. The van der Waals surface area contributed by atoms with Crippen LogP contribution in [0.25, 0.3) is 0 Å². The predicted molar refractivity (Wildman–Crippen MR) is 121 cm³/mol. The molecule has 0 unspecified atom stereocenters. The quantitative estimate of drug-likeness (QED) is 0.528. The topological polar surface area (TPSA) is 75.3 Å². The Balaban J connectivity index is 1.74. The van der Waals surface area contributed by atoms with Gasteiger partial charge in [-0.25, -0.2) is 12.8 Å². The fraction of sp³-hybridized carbons (Fsp3) is 0.174. The van der Waals surface area contributed by atoms with Crippen molar-refractivity contribution in [1.29, 1.82) is 0 Å². The van der Waals surface area contributed by atoms with Gasteiger partial charge in [0.15, 0.2) is 0 Å². The van der Waals surface area contributed by atoms with Crippen molar-refractivity contribution in [3.63, 3.8) is 0 Å². The van der Waals surface area contributed by atoms with Crippen LogP contribution >= 0.6 is 11.6 Å².